The summed E-state index contributed by atoms with van der Waals surface area (Å²) in [6.45, 7) is 2.23. The summed E-state index contributed by atoms with van der Waals surface area (Å²) in [6, 6.07) is 28.1. The lowest BCUT2D eigenvalue weighted by Crippen LogP contribution is -2.40. The molecule has 1 aliphatic rings. The number of ether oxygens (including phenoxy) is 2. The highest BCUT2D eigenvalue weighted by Crippen LogP contribution is 2.35. The van der Waals surface area contributed by atoms with Crippen LogP contribution in [0.5, 0.6) is 5.75 Å². The average Bonchev–Trinajstić information content (AvgIpc) is 3.35. The van der Waals surface area contributed by atoms with Crippen molar-refractivity contribution in [1.29, 1.82) is 0 Å². The number of benzene rings is 4. The standard InChI is InChI=1S/C35H25FI2N2O4S/c1-2-43-34(42)29-30(22-11-7-4-8-12-22)39-35-40(31(29)23-13-15-25(36)16-14-23)33(41)28(45-35)18-24-17-26(37)19-27(38)32(24)44-20-21-9-5-3-6-10-21/h3-19,31H,2,20H2,1H3/b28-18-/t31-/m1/s1. The van der Waals surface area contributed by atoms with Gasteiger partial charge >= 0.3 is 5.97 Å². The van der Waals surface area contributed by atoms with Crippen LogP contribution in [0.3, 0.4) is 0 Å². The predicted octanol–water partition coefficient (Wildman–Crippen LogP) is 6.86. The molecule has 0 amide bonds. The van der Waals surface area contributed by atoms with Crippen LogP contribution in [0, 0.1) is 13.0 Å². The fraction of sp³-hybridized carbons (Fsp3) is 0.114. The Labute approximate surface area is 289 Å². The number of fused-ring (bicyclic) bond motifs is 1. The predicted molar refractivity (Wildman–Crippen MR) is 190 cm³/mol. The summed E-state index contributed by atoms with van der Waals surface area (Å²) in [7, 11) is 0. The molecule has 2 heterocycles. The molecule has 0 fully saturated rings. The zero-order chi connectivity index (χ0) is 31.5. The van der Waals surface area contributed by atoms with Crippen LogP contribution in [0.4, 0.5) is 4.39 Å². The molecule has 0 N–H and O–H groups in total. The van der Waals surface area contributed by atoms with E-state index in [4.69, 9.17) is 14.5 Å². The van der Waals surface area contributed by atoms with Gasteiger partial charge in [-0.15, -0.1) is 0 Å². The van der Waals surface area contributed by atoms with Crippen molar-refractivity contribution in [2.24, 2.45) is 4.99 Å². The highest BCUT2D eigenvalue weighted by Gasteiger charge is 2.35. The first kappa shape index (κ1) is 31.4. The summed E-state index contributed by atoms with van der Waals surface area (Å²) in [6.07, 6.45) is 1.81. The van der Waals surface area contributed by atoms with Crippen molar-refractivity contribution in [1.82, 2.24) is 4.57 Å². The van der Waals surface area contributed by atoms with E-state index in [1.807, 2.05) is 78.9 Å². The fourth-order valence-corrected chi connectivity index (χ4v) is 8.15. The van der Waals surface area contributed by atoms with Gasteiger partial charge in [0.2, 0.25) is 0 Å². The zero-order valence-electron chi connectivity index (χ0n) is 23.9. The maximum atomic E-state index is 14.3. The molecule has 0 saturated carbocycles. The van der Waals surface area contributed by atoms with Crippen molar-refractivity contribution in [3.05, 3.63) is 158 Å². The second kappa shape index (κ2) is 13.8. The van der Waals surface area contributed by atoms with Crippen molar-refractivity contribution < 1.29 is 18.7 Å². The molecule has 0 bridgehead atoms. The molecule has 0 aliphatic carbocycles. The first-order chi connectivity index (χ1) is 21.8. The first-order valence-electron chi connectivity index (χ1n) is 14.0. The van der Waals surface area contributed by atoms with Crippen LogP contribution in [0.1, 0.15) is 35.2 Å². The van der Waals surface area contributed by atoms with Gasteiger partial charge in [-0.3, -0.25) is 9.36 Å². The normalized spacial score (nSPS) is 14.6. The molecule has 6 nitrogen and oxygen atoms in total. The Kier molecular flexibility index (Phi) is 9.61. The summed E-state index contributed by atoms with van der Waals surface area (Å²) >= 11 is 5.72. The Morgan fingerprint density at radius 1 is 1.00 bits per heavy atom. The second-order valence-corrected chi connectivity index (χ2v) is 13.5. The molecule has 0 unspecified atom stereocenters. The summed E-state index contributed by atoms with van der Waals surface area (Å²) in [5.74, 6) is -0.349. The number of aromatic nitrogens is 1. The van der Waals surface area contributed by atoms with Crippen LogP contribution in [0.25, 0.3) is 11.8 Å². The average molecular weight is 842 g/mol. The lowest BCUT2D eigenvalue weighted by Gasteiger charge is -2.25. The summed E-state index contributed by atoms with van der Waals surface area (Å²) in [5.41, 5.74) is 3.33. The van der Waals surface area contributed by atoms with Crippen LogP contribution >= 0.6 is 56.5 Å². The van der Waals surface area contributed by atoms with Crippen LogP contribution in [0.15, 0.2) is 112 Å². The van der Waals surface area contributed by atoms with Gasteiger partial charge < -0.3 is 9.47 Å². The van der Waals surface area contributed by atoms with E-state index < -0.39 is 17.8 Å². The van der Waals surface area contributed by atoms with E-state index in [-0.39, 0.29) is 17.7 Å². The second-order valence-electron chi connectivity index (χ2n) is 10.1. The van der Waals surface area contributed by atoms with Gasteiger partial charge in [0.15, 0.2) is 4.80 Å². The molecular weight excluding hydrogens is 817 g/mol. The van der Waals surface area contributed by atoms with Gasteiger partial charge in [0.1, 0.15) is 18.2 Å². The Bertz CT molecular complexity index is 2090. The van der Waals surface area contributed by atoms with Crippen LogP contribution in [-0.4, -0.2) is 17.1 Å². The van der Waals surface area contributed by atoms with Crippen molar-refractivity contribution in [3.8, 4) is 5.75 Å². The van der Waals surface area contributed by atoms with Crippen LogP contribution in [0.2, 0.25) is 0 Å². The number of halogens is 3. The molecule has 0 saturated heterocycles. The molecule has 1 atom stereocenters. The van der Waals surface area contributed by atoms with E-state index in [1.54, 1.807) is 19.1 Å². The minimum Gasteiger partial charge on any atom is -0.487 e. The number of hydrogen-bond donors (Lipinski definition) is 0. The first-order valence-corrected chi connectivity index (χ1v) is 17.0. The third-order valence-corrected chi connectivity index (χ3v) is 9.52. The van der Waals surface area contributed by atoms with E-state index in [0.717, 1.165) is 18.3 Å². The van der Waals surface area contributed by atoms with Gasteiger partial charge in [0, 0.05) is 14.7 Å². The monoisotopic (exact) mass is 842 g/mol. The van der Waals surface area contributed by atoms with E-state index in [0.29, 0.717) is 38.5 Å². The minimum absolute atomic E-state index is 0.141. The van der Waals surface area contributed by atoms with E-state index in [9.17, 15) is 14.0 Å². The summed E-state index contributed by atoms with van der Waals surface area (Å²) < 4.78 is 29.7. The van der Waals surface area contributed by atoms with Crippen LogP contribution in [-0.2, 0) is 16.1 Å². The number of nitrogens with zero attached hydrogens (tertiary/aromatic N) is 2. The quantitative estimate of drug-likeness (QED) is 0.127. The van der Waals surface area contributed by atoms with Crippen molar-refractivity contribution in [3.63, 3.8) is 0 Å². The van der Waals surface area contributed by atoms with Crippen LogP contribution < -0.4 is 19.6 Å². The van der Waals surface area contributed by atoms with Crippen molar-refractivity contribution >= 4 is 74.3 Å². The van der Waals surface area contributed by atoms with E-state index in [2.05, 4.69) is 45.2 Å². The zero-order valence-corrected chi connectivity index (χ0v) is 29.0. The molecule has 0 radical (unpaired) electrons. The van der Waals surface area contributed by atoms with Gasteiger partial charge in [-0.1, -0.05) is 84.1 Å². The Morgan fingerprint density at radius 3 is 2.38 bits per heavy atom. The lowest BCUT2D eigenvalue weighted by atomic mass is 9.93. The maximum absolute atomic E-state index is 14.3. The topological polar surface area (TPSA) is 69.9 Å². The SMILES string of the molecule is CCOC(=O)C1=C(c2ccccc2)N=c2s/c(=C\c3cc(I)cc(I)c3OCc3ccccc3)c(=O)n2[C@@H]1c1ccc(F)cc1. The molecule has 6 rings (SSSR count). The Balaban J connectivity index is 1.57. The van der Waals surface area contributed by atoms with E-state index in [1.165, 1.54) is 28.0 Å². The molecule has 5 aromatic rings. The van der Waals surface area contributed by atoms with E-state index >= 15 is 0 Å². The number of thiazole rings is 1. The number of carbonyl (C=O) groups is 1. The van der Waals surface area contributed by atoms with Crippen molar-refractivity contribution in [2.75, 3.05) is 6.61 Å². The number of rotatable bonds is 8. The largest absolute Gasteiger partial charge is 0.487 e. The summed E-state index contributed by atoms with van der Waals surface area (Å²) in [5, 5.41) is 0. The highest BCUT2D eigenvalue weighted by molar-refractivity contribution is 14.1. The Morgan fingerprint density at radius 2 is 1.69 bits per heavy atom. The maximum Gasteiger partial charge on any atom is 0.338 e. The minimum atomic E-state index is -0.886. The molecule has 45 heavy (non-hydrogen) atoms. The van der Waals surface area contributed by atoms with Gasteiger partial charge in [0.05, 0.1) is 32.0 Å². The molecule has 10 heteroatoms. The molecular formula is C35H25FI2N2O4S. The molecule has 1 aromatic heterocycles. The Hall–Kier alpha value is -3.62. The lowest BCUT2D eigenvalue weighted by molar-refractivity contribution is -0.138. The summed E-state index contributed by atoms with van der Waals surface area (Å²) in [4.78, 5) is 33.2. The van der Waals surface area contributed by atoms with Crippen molar-refractivity contribution in [2.45, 2.75) is 19.6 Å². The third kappa shape index (κ3) is 6.68. The number of hydrogen-bond acceptors (Lipinski definition) is 6. The fourth-order valence-electron chi connectivity index (χ4n) is 5.11. The molecule has 226 valence electrons. The highest BCUT2D eigenvalue weighted by atomic mass is 127. The molecule has 4 aromatic carbocycles. The number of esters is 1. The molecule has 0 spiro atoms. The van der Waals surface area contributed by atoms with Gasteiger partial charge in [-0.25, -0.2) is 14.2 Å². The van der Waals surface area contributed by atoms with Gasteiger partial charge in [-0.2, -0.15) is 0 Å². The van der Waals surface area contributed by atoms with Gasteiger partial charge in [0.25, 0.3) is 5.56 Å². The van der Waals surface area contributed by atoms with Gasteiger partial charge in [-0.05, 0) is 93.6 Å². The third-order valence-electron chi connectivity index (χ3n) is 7.11. The molecule has 1 aliphatic heterocycles. The smallest absolute Gasteiger partial charge is 0.338 e. The number of carbonyl (C=O) groups excluding carboxylic acids is 1.